The number of nitrogens with zero attached hydrogens (tertiary/aromatic N) is 2. The number of benzene rings is 2. The first kappa shape index (κ1) is 17.8. The topological polar surface area (TPSA) is 6.48 Å². The van der Waals surface area contributed by atoms with Crippen LogP contribution in [0.15, 0.2) is 48.5 Å². The van der Waals surface area contributed by atoms with Crippen LogP contribution in [-0.2, 0) is 25.9 Å². The molecule has 0 spiro atoms. The van der Waals surface area contributed by atoms with Crippen molar-refractivity contribution in [2.45, 2.75) is 57.7 Å². The number of hydrogen-bond donors (Lipinski definition) is 0. The van der Waals surface area contributed by atoms with E-state index in [1.54, 1.807) is 0 Å². The Morgan fingerprint density at radius 3 is 1.96 bits per heavy atom. The first-order chi connectivity index (χ1) is 12.8. The molecule has 1 atom stereocenters. The highest BCUT2D eigenvalue weighted by molar-refractivity contribution is 5.33. The molecule has 2 heteroatoms. The minimum atomic E-state index is 0.766. The second kappa shape index (κ2) is 8.37. The molecule has 0 aliphatic carbocycles. The fourth-order valence-corrected chi connectivity index (χ4v) is 4.72. The zero-order valence-corrected chi connectivity index (χ0v) is 16.2. The quantitative estimate of drug-likeness (QED) is 0.796. The molecule has 0 aromatic heterocycles. The summed E-state index contributed by atoms with van der Waals surface area (Å²) in [7, 11) is 2.31. The molecule has 2 aliphatic rings. The third kappa shape index (κ3) is 4.19. The van der Waals surface area contributed by atoms with Crippen molar-refractivity contribution in [1.29, 1.82) is 0 Å². The summed E-state index contributed by atoms with van der Waals surface area (Å²) in [5.41, 5.74) is 6.11. The van der Waals surface area contributed by atoms with Gasteiger partial charge >= 0.3 is 0 Å². The van der Waals surface area contributed by atoms with Crippen molar-refractivity contribution in [2.24, 2.45) is 0 Å². The van der Waals surface area contributed by atoms with Gasteiger partial charge in [0.15, 0.2) is 0 Å². The van der Waals surface area contributed by atoms with E-state index in [-0.39, 0.29) is 0 Å². The number of aryl methyl sites for hydroxylation is 2. The lowest BCUT2D eigenvalue weighted by Crippen LogP contribution is -2.39. The molecule has 0 radical (unpaired) electrons. The Balaban J connectivity index is 1.54. The first-order valence-electron chi connectivity index (χ1n) is 10.4. The molecule has 0 saturated carbocycles. The second-order valence-electron chi connectivity index (χ2n) is 8.17. The van der Waals surface area contributed by atoms with Gasteiger partial charge in [0, 0.05) is 25.7 Å². The Hall–Kier alpha value is -1.64. The van der Waals surface area contributed by atoms with Crippen LogP contribution in [0.1, 0.15) is 47.9 Å². The van der Waals surface area contributed by atoms with Gasteiger partial charge in [0.1, 0.15) is 0 Å². The van der Waals surface area contributed by atoms with Crippen molar-refractivity contribution in [2.75, 3.05) is 20.1 Å². The van der Waals surface area contributed by atoms with Crippen LogP contribution in [0.3, 0.4) is 0 Å². The molecule has 1 unspecified atom stereocenters. The van der Waals surface area contributed by atoms with Crippen molar-refractivity contribution >= 4 is 0 Å². The van der Waals surface area contributed by atoms with Crippen LogP contribution >= 0.6 is 0 Å². The predicted molar refractivity (Wildman–Crippen MR) is 109 cm³/mol. The second-order valence-corrected chi connectivity index (χ2v) is 8.17. The summed E-state index contributed by atoms with van der Waals surface area (Å²) in [6.45, 7) is 4.63. The Bertz CT molecular complexity index is 674. The molecule has 2 aliphatic heterocycles. The number of hydrogen-bond acceptors (Lipinski definition) is 2. The summed E-state index contributed by atoms with van der Waals surface area (Å²) >= 11 is 0. The average Bonchev–Trinajstić information content (AvgIpc) is 2.74. The molecule has 0 N–H and O–H groups in total. The molecular weight excluding hydrogens is 316 g/mol. The largest absolute Gasteiger partial charge is 0.303 e. The van der Waals surface area contributed by atoms with Crippen LogP contribution in [-0.4, -0.2) is 36.0 Å². The van der Waals surface area contributed by atoms with Gasteiger partial charge in [0.05, 0.1) is 0 Å². The van der Waals surface area contributed by atoms with E-state index in [9.17, 15) is 0 Å². The summed E-state index contributed by atoms with van der Waals surface area (Å²) < 4.78 is 0. The summed E-state index contributed by atoms with van der Waals surface area (Å²) in [5, 5.41) is 0. The van der Waals surface area contributed by atoms with Gasteiger partial charge < -0.3 is 4.90 Å². The molecule has 2 aromatic rings. The van der Waals surface area contributed by atoms with Crippen LogP contribution in [0.2, 0.25) is 0 Å². The third-order valence-electron chi connectivity index (χ3n) is 6.39. The summed E-state index contributed by atoms with van der Waals surface area (Å²) in [6.07, 6.45) is 7.76. The van der Waals surface area contributed by atoms with Gasteiger partial charge in [0.2, 0.25) is 0 Å². The fraction of sp³-hybridized carbons (Fsp3) is 0.500. The molecule has 26 heavy (non-hydrogen) atoms. The molecular formula is C24H32N2. The minimum Gasteiger partial charge on any atom is -0.303 e. The monoisotopic (exact) mass is 348 g/mol. The lowest BCUT2D eigenvalue weighted by Gasteiger charge is -2.34. The Morgan fingerprint density at radius 2 is 1.38 bits per heavy atom. The van der Waals surface area contributed by atoms with Crippen molar-refractivity contribution in [3.63, 3.8) is 0 Å². The molecule has 2 heterocycles. The van der Waals surface area contributed by atoms with Crippen LogP contribution in [0.5, 0.6) is 0 Å². The SMILES string of the molecule is CN1CCCCC1CCN1Cc2ccccc2CCc2ccccc2C1. The average molecular weight is 349 g/mol. The van der Waals surface area contributed by atoms with E-state index in [1.807, 2.05) is 0 Å². The van der Waals surface area contributed by atoms with E-state index < -0.39 is 0 Å². The maximum Gasteiger partial charge on any atom is 0.0240 e. The number of piperidine rings is 1. The zero-order valence-electron chi connectivity index (χ0n) is 16.2. The van der Waals surface area contributed by atoms with Gasteiger partial charge in [-0.1, -0.05) is 55.0 Å². The standard InChI is InChI=1S/C24H32N2/c1-25-16-7-6-12-24(25)15-17-26-18-22-10-4-2-8-20(22)13-14-21-9-3-5-11-23(21)19-26/h2-5,8-11,24H,6-7,12-19H2,1H3. The molecule has 1 fully saturated rings. The van der Waals surface area contributed by atoms with Crippen LogP contribution < -0.4 is 0 Å². The molecule has 0 bridgehead atoms. The van der Waals surface area contributed by atoms with Gasteiger partial charge in [-0.05, 0) is 68.0 Å². The van der Waals surface area contributed by atoms with E-state index in [0.717, 1.165) is 32.0 Å². The summed E-state index contributed by atoms with van der Waals surface area (Å²) in [6, 6.07) is 18.9. The maximum atomic E-state index is 2.69. The number of fused-ring (bicyclic) bond motifs is 2. The van der Waals surface area contributed by atoms with E-state index >= 15 is 0 Å². The Morgan fingerprint density at radius 1 is 0.808 bits per heavy atom. The maximum absolute atomic E-state index is 2.69. The van der Waals surface area contributed by atoms with Gasteiger partial charge in [-0.15, -0.1) is 0 Å². The number of likely N-dealkylation sites (tertiary alicyclic amines) is 1. The third-order valence-corrected chi connectivity index (χ3v) is 6.39. The fourth-order valence-electron chi connectivity index (χ4n) is 4.72. The van der Waals surface area contributed by atoms with Crippen molar-refractivity contribution < 1.29 is 0 Å². The normalized spacial score (nSPS) is 22.0. The Labute approximate surface area is 158 Å². The lowest BCUT2D eigenvalue weighted by atomic mass is 9.98. The predicted octanol–water partition coefficient (Wildman–Crippen LogP) is 4.66. The van der Waals surface area contributed by atoms with E-state index in [1.165, 1.54) is 61.0 Å². The molecule has 4 rings (SSSR count). The van der Waals surface area contributed by atoms with Gasteiger partial charge in [-0.3, -0.25) is 4.90 Å². The summed E-state index contributed by atoms with van der Waals surface area (Å²) in [4.78, 5) is 5.27. The van der Waals surface area contributed by atoms with Crippen LogP contribution in [0.25, 0.3) is 0 Å². The highest BCUT2D eigenvalue weighted by atomic mass is 15.2. The van der Waals surface area contributed by atoms with Gasteiger partial charge in [0.25, 0.3) is 0 Å². The van der Waals surface area contributed by atoms with E-state index in [4.69, 9.17) is 0 Å². The Kier molecular flexibility index (Phi) is 5.72. The molecule has 2 aromatic carbocycles. The number of rotatable bonds is 3. The van der Waals surface area contributed by atoms with E-state index in [2.05, 4.69) is 65.4 Å². The molecule has 1 saturated heterocycles. The molecule has 138 valence electrons. The van der Waals surface area contributed by atoms with Crippen molar-refractivity contribution in [3.05, 3.63) is 70.8 Å². The van der Waals surface area contributed by atoms with Gasteiger partial charge in [-0.25, -0.2) is 0 Å². The van der Waals surface area contributed by atoms with Crippen molar-refractivity contribution in [1.82, 2.24) is 9.80 Å². The molecule has 2 nitrogen and oxygen atoms in total. The summed E-state index contributed by atoms with van der Waals surface area (Å²) in [5.74, 6) is 0. The minimum absolute atomic E-state index is 0.766. The highest BCUT2D eigenvalue weighted by Gasteiger charge is 2.21. The smallest absolute Gasteiger partial charge is 0.0240 e. The first-order valence-corrected chi connectivity index (χ1v) is 10.4. The van der Waals surface area contributed by atoms with Crippen molar-refractivity contribution in [3.8, 4) is 0 Å². The zero-order chi connectivity index (χ0) is 17.8. The molecule has 0 amide bonds. The highest BCUT2D eigenvalue weighted by Crippen LogP contribution is 2.24. The van der Waals surface area contributed by atoms with E-state index in [0.29, 0.717) is 0 Å². The lowest BCUT2D eigenvalue weighted by molar-refractivity contribution is 0.149. The van der Waals surface area contributed by atoms with Crippen LogP contribution in [0, 0.1) is 0 Å². The van der Waals surface area contributed by atoms with Gasteiger partial charge in [-0.2, -0.15) is 0 Å². The van der Waals surface area contributed by atoms with Crippen LogP contribution in [0.4, 0.5) is 0 Å².